The zero-order chi connectivity index (χ0) is 18.6. The lowest BCUT2D eigenvalue weighted by molar-refractivity contribution is 0.586. The quantitative estimate of drug-likeness (QED) is 0.679. The summed E-state index contributed by atoms with van der Waals surface area (Å²) in [6.07, 6.45) is 4.04. The van der Waals surface area contributed by atoms with Gasteiger partial charge in [-0.25, -0.2) is 19.0 Å². The number of piperazine rings is 1. The minimum Gasteiger partial charge on any atom is -0.352 e. The van der Waals surface area contributed by atoms with Crippen LogP contribution in [0.5, 0.6) is 0 Å². The van der Waals surface area contributed by atoms with Crippen molar-refractivity contribution >= 4 is 11.8 Å². The first-order valence-electron chi connectivity index (χ1n) is 8.64. The van der Waals surface area contributed by atoms with Crippen molar-refractivity contribution in [2.75, 3.05) is 36.0 Å². The molecule has 0 spiro atoms. The molecular weight excluding hydrogens is 349 g/mol. The Balaban J connectivity index is 1.46. The van der Waals surface area contributed by atoms with Gasteiger partial charge in [0, 0.05) is 38.4 Å². The standard InChI is InChI=1S/C18H18FN7O/c19-14-11-21-18(22-12-14)25-9-7-24(8-10-25)16-4-5-17(27)26(23-16)13-15-3-1-2-6-20-15/h1-6,11-12H,7-10,13H2. The van der Waals surface area contributed by atoms with Crippen molar-refractivity contribution in [1.29, 1.82) is 0 Å². The molecule has 0 amide bonds. The Morgan fingerprint density at radius 3 is 2.37 bits per heavy atom. The highest BCUT2D eigenvalue weighted by atomic mass is 19.1. The Kier molecular flexibility index (Phi) is 4.73. The van der Waals surface area contributed by atoms with E-state index in [9.17, 15) is 9.18 Å². The molecule has 0 saturated carbocycles. The average molecular weight is 367 g/mol. The van der Waals surface area contributed by atoms with Crippen LogP contribution < -0.4 is 15.4 Å². The second-order valence-electron chi connectivity index (χ2n) is 6.18. The van der Waals surface area contributed by atoms with Crippen LogP contribution in [0.15, 0.2) is 53.7 Å². The predicted octanol–water partition coefficient (Wildman–Crippen LogP) is 0.942. The highest BCUT2D eigenvalue weighted by Crippen LogP contribution is 2.15. The molecule has 3 aromatic heterocycles. The second kappa shape index (κ2) is 7.48. The van der Waals surface area contributed by atoms with Crippen LogP contribution in [0.3, 0.4) is 0 Å². The summed E-state index contributed by atoms with van der Waals surface area (Å²) in [5.41, 5.74) is 0.616. The molecule has 1 aliphatic rings. The molecule has 27 heavy (non-hydrogen) atoms. The Labute approximate surface area is 154 Å². The van der Waals surface area contributed by atoms with E-state index in [0.29, 0.717) is 38.7 Å². The van der Waals surface area contributed by atoms with E-state index < -0.39 is 5.82 Å². The molecule has 1 fully saturated rings. The second-order valence-corrected chi connectivity index (χ2v) is 6.18. The zero-order valence-electron chi connectivity index (χ0n) is 14.6. The number of pyridine rings is 1. The SMILES string of the molecule is O=c1ccc(N2CCN(c3ncc(F)cn3)CC2)nn1Cc1ccccn1. The van der Waals surface area contributed by atoms with Gasteiger partial charge in [-0.05, 0) is 18.2 Å². The van der Waals surface area contributed by atoms with Gasteiger partial charge in [-0.1, -0.05) is 6.07 Å². The van der Waals surface area contributed by atoms with Gasteiger partial charge in [-0.2, -0.15) is 5.10 Å². The van der Waals surface area contributed by atoms with Gasteiger partial charge in [0.25, 0.3) is 5.56 Å². The lowest BCUT2D eigenvalue weighted by atomic mass is 10.3. The van der Waals surface area contributed by atoms with Crippen molar-refractivity contribution in [2.45, 2.75) is 6.54 Å². The first kappa shape index (κ1) is 17.1. The molecule has 9 heteroatoms. The van der Waals surface area contributed by atoms with Gasteiger partial charge < -0.3 is 9.80 Å². The molecule has 138 valence electrons. The highest BCUT2D eigenvalue weighted by molar-refractivity contribution is 5.41. The minimum absolute atomic E-state index is 0.164. The molecule has 0 aliphatic carbocycles. The van der Waals surface area contributed by atoms with E-state index in [1.54, 1.807) is 12.3 Å². The molecule has 1 saturated heterocycles. The van der Waals surface area contributed by atoms with Gasteiger partial charge in [-0.3, -0.25) is 9.78 Å². The zero-order valence-corrected chi connectivity index (χ0v) is 14.6. The summed E-state index contributed by atoms with van der Waals surface area (Å²) >= 11 is 0. The van der Waals surface area contributed by atoms with Crippen molar-refractivity contribution in [3.8, 4) is 0 Å². The molecule has 0 aromatic carbocycles. The van der Waals surface area contributed by atoms with Crippen LogP contribution in [-0.4, -0.2) is 50.9 Å². The normalized spacial score (nSPS) is 14.4. The maximum atomic E-state index is 13.0. The summed E-state index contributed by atoms with van der Waals surface area (Å²) in [5.74, 6) is 0.811. The van der Waals surface area contributed by atoms with Crippen LogP contribution in [0.4, 0.5) is 16.2 Å². The molecule has 4 heterocycles. The maximum absolute atomic E-state index is 13.0. The predicted molar refractivity (Wildman–Crippen MR) is 98.3 cm³/mol. The molecule has 3 aromatic rings. The Morgan fingerprint density at radius 1 is 0.926 bits per heavy atom. The molecule has 8 nitrogen and oxygen atoms in total. The minimum atomic E-state index is -0.447. The van der Waals surface area contributed by atoms with Crippen LogP contribution in [0, 0.1) is 5.82 Å². The Morgan fingerprint density at radius 2 is 1.67 bits per heavy atom. The van der Waals surface area contributed by atoms with E-state index in [1.807, 2.05) is 23.1 Å². The largest absolute Gasteiger partial charge is 0.352 e. The molecule has 0 N–H and O–H groups in total. The van der Waals surface area contributed by atoms with Crippen molar-refractivity contribution in [2.24, 2.45) is 0 Å². The summed E-state index contributed by atoms with van der Waals surface area (Å²) < 4.78 is 14.4. The van der Waals surface area contributed by atoms with E-state index in [1.165, 1.54) is 23.1 Å². The number of anilines is 2. The molecule has 0 atom stereocenters. The number of nitrogens with zero attached hydrogens (tertiary/aromatic N) is 7. The van der Waals surface area contributed by atoms with Crippen LogP contribution in [0.25, 0.3) is 0 Å². The summed E-state index contributed by atoms with van der Waals surface area (Å²) in [4.78, 5) is 28.5. The number of halogens is 1. The average Bonchev–Trinajstić information content (AvgIpc) is 2.71. The third-order valence-corrected chi connectivity index (χ3v) is 4.38. The van der Waals surface area contributed by atoms with E-state index in [2.05, 4.69) is 25.0 Å². The molecule has 0 bridgehead atoms. The van der Waals surface area contributed by atoms with Crippen LogP contribution in [-0.2, 0) is 6.54 Å². The molecule has 0 radical (unpaired) electrons. The summed E-state index contributed by atoms with van der Waals surface area (Å²) in [5, 5.41) is 4.49. The number of rotatable bonds is 4. The number of hydrogen-bond donors (Lipinski definition) is 0. The third kappa shape index (κ3) is 3.91. The Bertz CT molecular complexity index is 953. The topological polar surface area (TPSA) is 80.0 Å². The fourth-order valence-corrected chi connectivity index (χ4v) is 2.97. The number of hydrogen-bond acceptors (Lipinski definition) is 7. The van der Waals surface area contributed by atoms with Crippen LogP contribution in [0.2, 0.25) is 0 Å². The van der Waals surface area contributed by atoms with Crippen molar-refractivity contribution in [3.63, 3.8) is 0 Å². The summed E-state index contributed by atoms with van der Waals surface area (Å²) in [6, 6.07) is 8.85. The lowest BCUT2D eigenvalue weighted by Gasteiger charge is -2.35. The van der Waals surface area contributed by atoms with Crippen molar-refractivity contribution in [3.05, 3.63) is 70.8 Å². The van der Waals surface area contributed by atoms with Gasteiger partial charge in [0.2, 0.25) is 5.95 Å². The lowest BCUT2D eigenvalue weighted by Crippen LogP contribution is -2.47. The number of aromatic nitrogens is 5. The van der Waals surface area contributed by atoms with Gasteiger partial charge in [-0.15, -0.1) is 0 Å². The van der Waals surface area contributed by atoms with Crippen LogP contribution >= 0.6 is 0 Å². The summed E-state index contributed by atoms with van der Waals surface area (Å²) in [7, 11) is 0. The fourth-order valence-electron chi connectivity index (χ4n) is 2.97. The van der Waals surface area contributed by atoms with E-state index in [4.69, 9.17) is 0 Å². The molecular formula is C18H18FN7O. The fraction of sp³-hybridized carbons (Fsp3) is 0.278. The molecule has 0 unspecified atom stereocenters. The van der Waals surface area contributed by atoms with Crippen molar-refractivity contribution in [1.82, 2.24) is 24.7 Å². The first-order chi connectivity index (χ1) is 13.2. The van der Waals surface area contributed by atoms with E-state index in [0.717, 1.165) is 11.5 Å². The third-order valence-electron chi connectivity index (χ3n) is 4.38. The van der Waals surface area contributed by atoms with E-state index >= 15 is 0 Å². The van der Waals surface area contributed by atoms with Gasteiger partial charge in [0.1, 0.15) is 5.82 Å². The van der Waals surface area contributed by atoms with E-state index in [-0.39, 0.29) is 5.56 Å². The maximum Gasteiger partial charge on any atom is 0.267 e. The Hall–Kier alpha value is -3.36. The monoisotopic (exact) mass is 367 g/mol. The highest BCUT2D eigenvalue weighted by Gasteiger charge is 2.20. The molecule has 4 rings (SSSR count). The smallest absolute Gasteiger partial charge is 0.267 e. The van der Waals surface area contributed by atoms with Gasteiger partial charge in [0.15, 0.2) is 5.82 Å². The van der Waals surface area contributed by atoms with Gasteiger partial charge >= 0.3 is 0 Å². The summed E-state index contributed by atoms with van der Waals surface area (Å²) in [6.45, 7) is 3.11. The van der Waals surface area contributed by atoms with Gasteiger partial charge in [0.05, 0.1) is 24.6 Å². The van der Waals surface area contributed by atoms with Crippen LogP contribution in [0.1, 0.15) is 5.69 Å². The molecule has 1 aliphatic heterocycles. The first-order valence-corrected chi connectivity index (χ1v) is 8.64. The van der Waals surface area contributed by atoms with Crippen molar-refractivity contribution < 1.29 is 4.39 Å².